The van der Waals surface area contributed by atoms with Crippen LogP contribution < -0.4 is 19.5 Å². The van der Waals surface area contributed by atoms with Crippen LogP contribution in [0.3, 0.4) is 0 Å². The molecule has 0 aliphatic carbocycles. The molecular weight excluding hydrogens is 374 g/mol. The first-order valence-corrected chi connectivity index (χ1v) is 9.09. The van der Waals surface area contributed by atoms with E-state index < -0.39 is 17.5 Å². The Morgan fingerprint density at radius 2 is 1.79 bits per heavy atom. The fourth-order valence-corrected chi connectivity index (χ4v) is 3.02. The summed E-state index contributed by atoms with van der Waals surface area (Å²) in [4.78, 5) is 25.3. The van der Waals surface area contributed by atoms with E-state index in [4.69, 9.17) is 14.2 Å². The van der Waals surface area contributed by atoms with E-state index in [0.717, 1.165) is 5.01 Å². The Hall–Kier alpha value is -3.55. The number of urea groups is 1. The molecule has 0 aromatic heterocycles. The molecule has 1 aliphatic rings. The van der Waals surface area contributed by atoms with Crippen molar-refractivity contribution in [2.75, 3.05) is 20.8 Å². The zero-order chi connectivity index (χ0) is 21.0. The minimum absolute atomic E-state index is 0.470. The zero-order valence-electron chi connectivity index (χ0n) is 16.8. The normalized spacial score (nSPS) is 18.8. The molecule has 1 fully saturated rings. The summed E-state index contributed by atoms with van der Waals surface area (Å²) in [6.07, 6.45) is 1.43. The number of nitrogens with one attached hydrogen (secondary N) is 1. The summed E-state index contributed by atoms with van der Waals surface area (Å²) in [5.74, 6) is 1.33. The standard InChI is InChI=1S/C21H23N3O5/c1-5-29-18-12-14(6-11-17(18)28-4)13-22-24-19(25)21(2,23-20(24)26)15-7-9-16(27-3)10-8-15/h6-13H,5H2,1-4H3,(H,23,26)/b22-13-/t21-/m0/s1. The molecule has 0 saturated carbocycles. The number of hydrazone groups is 1. The molecule has 1 N–H and O–H groups in total. The quantitative estimate of drug-likeness (QED) is 0.573. The third-order valence-corrected chi connectivity index (χ3v) is 4.65. The van der Waals surface area contributed by atoms with Crippen molar-refractivity contribution in [1.82, 2.24) is 10.3 Å². The fraction of sp³-hybridized carbons (Fsp3) is 0.286. The van der Waals surface area contributed by atoms with Gasteiger partial charge in [0.1, 0.15) is 11.3 Å². The molecule has 0 radical (unpaired) electrons. The van der Waals surface area contributed by atoms with Gasteiger partial charge in [0, 0.05) is 0 Å². The number of benzene rings is 2. The van der Waals surface area contributed by atoms with Crippen LogP contribution in [-0.4, -0.2) is 44.0 Å². The topological polar surface area (TPSA) is 89.5 Å². The highest BCUT2D eigenvalue weighted by atomic mass is 16.5. The molecule has 8 nitrogen and oxygen atoms in total. The van der Waals surface area contributed by atoms with Crippen LogP contribution in [0.5, 0.6) is 17.2 Å². The fourth-order valence-electron chi connectivity index (χ4n) is 3.02. The van der Waals surface area contributed by atoms with Gasteiger partial charge in [0.2, 0.25) is 0 Å². The molecule has 152 valence electrons. The summed E-state index contributed by atoms with van der Waals surface area (Å²) in [6.45, 7) is 3.99. The Balaban J connectivity index is 1.83. The van der Waals surface area contributed by atoms with Gasteiger partial charge in [-0.25, -0.2) is 4.79 Å². The van der Waals surface area contributed by atoms with Gasteiger partial charge in [0.05, 0.1) is 27.0 Å². The van der Waals surface area contributed by atoms with Gasteiger partial charge in [-0.1, -0.05) is 12.1 Å². The molecule has 0 unspecified atom stereocenters. The predicted molar refractivity (Wildman–Crippen MR) is 107 cm³/mol. The molecular formula is C21H23N3O5. The number of hydrogen-bond donors (Lipinski definition) is 1. The number of hydrogen-bond acceptors (Lipinski definition) is 6. The van der Waals surface area contributed by atoms with E-state index >= 15 is 0 Å². The van der Waals surface area contributed by atoms with Crippen LogP contribution in [0.1, 0.15) is 25.0 Å². The van der Waals surface area contributed by atoms with Gasteiger partial charge >= 0.3 is 6.03 Å². The third-order valence-electron chi connectivity index (χ3n) is 4.65. The van der Waals surface area contributed by atoms with Crippen LogP contribution in [0.15, 0.2) is 47.6 Å². The van der Waals surface area contributed by atoms with Crippen LogP contribution in [0.25, 0.3) is 0 Å². The Kier molecular flexibility index (Phi) is 5.72. The molecule has 8 heteroatoms. The minimum atomic E-state index is -1.21. The lowest BCUT2D eigenvalue weighted by molar-refractivity contribution is -0.131. The number of amides is 3. The number of ether oxygens (including phenoxy) is 3. The zero-order valence-corrected chi connectivity index (χ0v) is 16.8. The highest BCUT2D eigenvalue weighted by Gasteiger charge is 2.49. The average molecular weight is 397 g/mol. The maximum Gasteiger partial charge on any atom is 0.346 e. The summed E-state index contributed by atoms with van der Waals surface area (Å²) in [5.41, 5.74) is 0.0854. The number of carbonyl (C=O) groups is 2. The van der Waals surface area contributed by atoms with Crippen LogP contribution >= 0.6 is 0 Å². The van der Waals surface area contributed by atoms with E-state index in [1.807, 2.05) is 6.92 Å². The number of rotatable bonds is 7. The average Bonchev–Trinajstić information content (AvgIpc) is 2.96. The van der Waals surface area contributed by atoms with Crippen molar-refractivity contribution in [3.05, 3.63) is 53.6 Å². The molecule has 3 rings (SSSR count). The van der Waals surface area contributed by atoms with E-state index in [1.165, 1.54) is 6.21 Å². The van der Waals surface area contributed by atoms with Crippen molar-refractivity contribution < 1.29 is 23.8 Å². The molecule has 1 atom stereocenters. The highest BCUT2D eigenvalue weighted by molar-refractivity contribution is 6.07. The van der Waals surface area contributed by atoms with Gasteiger partial charge in [-0.05, 0) is 55.3 Å². The Morgan fingerprint density at radius 3 is 2.41 bits per heavy atom. The highest BCUT2D eigenvalue weighted by Crippen LogP contribution is 2.31. The lowest BCUT2D eigenvalue weighted by Crippen LogP contribution is -2.40. The van der Waals surface area contributed by atoms with Crippen molar-refractivity contribution in [3.63, 3.8) is 0 Å². The molecule has 1 aliphatic heterocycles. The van der Waals surface area contributed by atoms with E-state index in [1.54, 1.807) is 63.6 Å². The van der Waals surface area contributed by atoms with E-state index in [9.17, 15) is 9.59 Å². The van der Waals surface area contributed by atoms with Crippen LogP contribution in [0, 0.1) is 0 Å². The molecule has 2 aromatic rings. The van der Waals surface area contributed by atoms with Gasteiger partial charge in [-0.2, -0.15) is 5.10 Å². The molecule has 0 spiro atoms. The molecule has 3 amide bonds. The molecule has 1 heterocycles. The van der Waals surface area contributed by atoms with E-state index in [0.29, 0.717) is 35.0 Å². The number of imide groups is 1. The van der Waals surface area contributed by atoms with Crippen molar-refractivity contribution in [2.24, 2.45) is 5.10 Å². The van der Waals surface area contributed by atoms with Gasteiger partial charge in [0.25, 0.3) is 5.91 Å². The first-order chi connectivity index (χ1) is 13.9. The Bertz CT molecular complexity index is 942. The number of methoxy groups -OCH3 is 2. The predicted octanol–water partition coefficient (Wildman–Crippen LogP) is 2.90. The molecule has 0 bridgehead atoms. The van der Waals surface area contributed by atoms with Crippen LogP contribution in [-0.2, 0) is 10.3 Å². The van der Waals surface area contributed by atoms with Gasteiger partial charge < -0.3 is 19.5 Å². The van der Waals surface area contributed by atoms with E-state index in [2.05, 4.69) is 10.4 Å². The van der Waals surface area contributed by atoms with Gasteiger partial charge in [-0.15, -0.1) is 5.01 Å². The van der Waals surface area contributed by atoms with Crippen LogP contribution in [0.4, 0.5) is 4.79 Å². The number of carbonyl (C=O) groups excluding carboxylic acids is 2. The first kappa shape index (κ1) is 20.2. The van der Waals surface area contributed by atoms with Crippen molar-refractivity contribution >= 4 is 18.2 Å². The summed E-state index contributed by atoms with van der Waals surface area (Å²) >= 11 is 0. The third kappa shape index (κ3) is 3.87. The minimum Gasteiger partial charge on any atom is -0.497 e. The van der Waals surface area contributed by atoms with E-state index in [-0.39, 0.29) is 0 Å². The summed E-state index contributed by atoms with van der Waals surface area (Å²) in [6, 6.07) is 11.6. The second-order valence-electron chi connectivity index (χ2n) is 6.49. The van der Waals surface area contributed by atoms with Crippen molar-refractivity contribution in [1.29, 1.82) is 0 Å². The maximum atomic E-state index is 12.9. The summed E-state index contributed by atoms with van der Waals surface area (Å²) in [5, 5.41) is 7.63. The van der Waals surface area contributed by atoms with Crippen molar-refractivity contribution in [2.45, 2.75) is 19.4 Å². The Labute approximate surface area is 169 Å². The summed E-state index contributed by atoms with van der Waals surface area (Å²) < 4.78 is 15.9. The number of nitrogens with zero attached hydrogens (tertiary/aromatic N) is 2. The smallest absolute Gasteiger partial charge is 0.346 e. The second-order valence-corrected chi connectivity index (χ2v) is 6.49. The maximum absolute atomic E-state index is 12.9. The molecule has 1 saturated heterocycles. The lowest BCUT2D eigenvalue weighted by Gasteiger charge is -2.21. The first-order valence-electron chi connectivity index (χ1n) is 9.09. The molecule has 29 heavy (non-hydrogen) atoms. The summed E-state index contributed by atoms with van der Waals surface area (Å²) in [7, 11) is 3.12. The Morgan fingerprint density at radius 1 is 1.07 bits per heavy atom. The second kappa shape index (κ2) is 8.22. The lowest BCUT2D eigenvalue weighted by atomic mass is 9.92. The van der Waals surface area contributed by atoms with Gasteiger partial charge in [0.15, 0.2) is 11.5 Å². The monoisotopic (exact) mass is 397 g/mol. The SMILES string of the molecule is CCOc1cc(/C=N\N2C(=O)N[C@@](C)(c3ccc(OC)cc3)C2=O)ccc1OC. The van der Waals surface area contributed by atoms with Gasteiger partial charge in [-0.3, -0.25) is 4.79 Å². The van der Waals surface area contributed by atoms with Crippen molar-refractivity contribution in [3.8, 4) is 17.2 Å². The van der Waals surface area contributed by atoms with Crippen LogP contribution in [0.2, 0.25) is 0 Å². The largest absolute Gasteiger partial charge is 0.497 e. The molecule has 2 aromatic carbocycles.